The molecule has 0 aliphatic rings. The summed E-state index contributed by atoms with van der Waals surface area (Å²) in [6, 6.07) is 17.9. The maximum atomic E-state index is 11.1. The number of pyridine rings is 2. The monoisotopic (exact) mass is 387 g/mol. The summed E-state index contributed by atoms with van der Waals surface area (Å²) in [4.78, 5) is 29.0. The van der Waals surface area contributed by atoms with Crippen molar-refractivity contribution in [2.45, 2.75) is 0 Å². The minimum Gasteiger partial charge on any atom is -0.339 e. The normalized spacial score (nSPS) is 10.5. The molecule has 0 amide bonds. The molecule has 0 saturated carbocycles. The molecule has 0 radical (unpaired) electrons. The first-order valence-electron chi connectivity index (χ1n) is 8.46. The quantitative estimate of drug-likeness (QED) is 0.495. The molecule has 0 spiro atoms. The number of anilines is 2. The van der Waals surface area contributed by atoms with E-state index in [0.717, 1.165) is 6.29 Å². The lowest BCUT2D eigenvalue weighted by Gasteiger charge is -2.11. The van der Waals surface area contributed by atoms with Gasteiger partial charge in [-0.1, -0.05) is 29.8 Å². The van der Waals surface area contributed by atoms with Gasteiger partial charge in [0.1, 0.15) is 17.8 Å². The Bertz CT molecular complexity index is 1060. The highest BCUT2D eigenvalue weighted by atomic mass is 35.5. The van der Waals surface area contributed by atoms with Crippen LogP contribution in [0.25, 0.3) is 22.9 Å². The fourth-order valence-electron chi connectivity index (χ4n) is 2.62. The van der Waals surface area contributed by atoms with Gasteiger partial charge in [0.25, 0.3) is 0 Å². The Balaban J connectivity index is 1.81. The average Bonchev–Trinajstić information content (AvgIpc) is 2.76. The first-order valence-corrected chi connectivity index (χ1v) is 8.84. The van der Waals surface area contributed by atoms with Crippen LogP contribution in [0.1, 0.15) is 10.4 Å². The standard InChI is InChI=1S/C21H14ClN5O/c22-15-8-7-14(13-28)11-18(15)25-20-12-19(16-5-1-3-9-23-16)26-21(27-20)17-6-2-4-10-24-17/h1-13H,(H,25,26,27). The van der Waals surface area contributed by atoms with Crippen LogP contribution in [0.15, 0.2) is 73.1 Å². The van der Waals surface area contributed by atoms with Crippen LogP contribution in [0, 0.1) is 0 Å². The van der Waals surface area contributed by atoms with Gasteiger partial charge in [0.05, 0.1) is 22.1 Å². The highest BCUT2D eigenvalue weighted by Gasteiger charge is 2.12. The molecule has 0 atom stereocenters. The highest BCUT2D eigenvalue weighted by molar-refractivity contribution is 6.33. The summed E-state index contributed by atoms with van der Waals surface area (Å²) in [6.07, 6.45) is 4.15. The van der Waals surface area contributed by atoms with Gasteiger partial charge in [0, 0.05) is 24.0 Å². The topological polar surface area (TPSA) is 80.7 Å². The van der Waals surface area contributed by atoms with Crippen molar-refractivity contribution in [1.29, 1.82) is 0 Å². The Labute approximate surface area is 166 Å². The Morgan fingerprint density at radius 1 is 0.821 bits per heavy atom. The van der Waals surface area contributed by atoms with Gasteiger partial charge in [-0.15, -0.1) is 0 Å². The van der Waals surface area contributed by atoms with Crippen LogP contribution >= 0.6 is 11.6 Å². The van der Waals surface area contributed by atoms with Crippen molar-refractivity contribution in [1.82, 2.24) is 19.9 Å². The third kappa shape index (κ3) is 3.87. The molecule has 28 heavy (non-hydrogen) atoms. The first-order chi connectivity index (χ1) is 13.7. The zero-order chi connectivity index (χ0) is 19.3. The van der Waals surface area contributed by atoms with Gasteiger partial charge >= 0.3 is 0 Å². The molecule has 0 unspecified atom stereocenters. The van der Waals surface area contributed by atoms with Crippen molar-refractivity contribution in [3.05, 3.63) is 83.6 Å². The van der Waals surface area contributed by atoms with Crippen LogP contribution in [-0.2, 0) is 0 Å². The molecule has 7 heteroatoms. The van der Waals surface area contributed by atoms with Crippen LogP contribution in [0.3, 0.4) is 0 Å². The molecular formula is C21H14ClN5O. The van der Waals surface area contributed by atoms with E-state index in [-0.39, 0.29) is 0 Å². The van der Waals surface area contributed by atoms with Gasteiger partial charge < -0.3 is 5.32 Å². The summed E-state index contributed by atoms with van der Waals surface area (Å²) in [7, 11) is 0. The SMILES string of the molecule is O=Cc1ccc(Cl)c(Nc2cc(-c3ccccn3)nc(-c3ccccn3)n2)c1. The Morgan fingerprint density at radius 2 is 1.57 bits per heavy atom. The van der Waals surface area contributed by atoms with Crippen molar-refractivity contribution < 1.29 is 4.79 Å². The molecule has 0 bridgehead atoms. The Hall–Kier alpha value is -3.64. The predicted octanol–water partition coefficient (Wildman–Crippen LogP) is 4.81. The molecule has 0 aliphatic heterocycles. The second-order valence-electron chi connectivity index (χ2n) is 5.87. The number of benzene rings is 1. The lowest BCUT2D eigenvalue weighted by atomic mass is 10.2. The summed E-state index contributed by atoms with van der Waals surface area (Å²) >= 11 is 6.27. The molecule has 3 aromatic heterocycles. The molecule has 0 fully saturated rings. The van der Waals surface area contributed by atoms with Gasteiger partial charge in [0.15, 0.2) is 5.82 Å². The number of hydrogen-bond acceptors (Lipinski definition) is 6. The average molecular weight is 388 g/mol. The third-order valence-electron chi connectivity index (χ3n) is 3.94. The number of halogens is 1. The second kappa shape index (κ2) is 7.94. The van der Waals surface area contributed by atoms with Crippen LogP contribution in [0.5, 0.6) is 0 Å². The molecule has 0 saturated heterocycles. The number of nitrogens with zero attached hydrogens (tertiary/aromatic N) is 4. The van der Waals surface area contributed by atoms with Gasteiger partial charge in [-0.05, 0) is 36.4 Å². The molecule has 3 heterocycles. The van der Waals surface area contributed by atoms with E-state index >= 15 is 0 Å². The smallest absolute Gasteiger partial charge is 0.180 e. The van der Waals surface area contributed by atoms with Crippen molar-refractivity contribution in [2.24, 2.45) is 0 Å². The summed E-state index contributed by atoms with van der Waals surface area (Å²) in [5.74, 6) is 0.968. The minimum atomic E-state index is 0.453. The number of aromatic nitrogens is 4. The number of aldehydes is 1. The number of nitrogens with one attached hydrogen (secondary N) is 1. The summed E-state index contributed by atoms with van der Waals surface area (Å²) in [6.45, 7) is 0. The molecule has 1 N–H and O–H groups in total. The Morgan fingerprint density at radius 3 is 2.25 bits per heavy atom. The molecule has 4 rings (SSSR count). The molecule has 136 valence electrons. The maximum Gasteiger partial charge on any atom is 0.180 e. The van der Waals surface area contributed by atoms with Crippen LogP contribution in [0.2, 0.25) is 5.02 Å². The van der Waals surface area contributed by atoms with Gasteiger partial charge in [-0.3, -0.25) is 14.8 Å². The highest BCUT2D eigenvalue weighted by Crippen LogP contribution is 2.28. The molecule has 0 aliphatic carbocycles. The van der Waals surface area contributed by atoms with E-state index in [9.17, 15) is 4.79 Å². The maximum absolute atomic E-state index is 11.1. The summed E-state index contributed by atoms with van der Waals surface area (Å²) in [5.41, 5.74) is 3.06. The van der Waals surface area contributed by atoms with E-state index in [0.29, 0.717) is 45.0 Å². The zero-order valence-corrected chi connectivity index (χ0v) is 15.3. The van der Waals surface area contributed by atoms with E-state index in [4.69, 9.17) is 11.6 Å². The lowest BCUT2D eigenvalue weighted by Crippen LogP contribution is -2.01. The molecular weight excluding hydrogens is 374 g/mol. The van der Waals surface area contributed by atoms with Crippen LogP contribution in [0.4, 0.5) is 11.5 Å². The molecule has 6 nitrogen and oxygen atoms in total. The number of carbonyl (C=O) groups excluding carboxylic acids is 1. The van der Waals surface area contributed by atoms with E-state index in [2.05, 4.69) is 25.3 Å². The van der Waals surface area contributed by atoms with E-state index in [1.54, 1.807) is 36.7 Å². The predicted molar refractivity (Wildman–Crippen MR) is 109 cm³/mol. The van der Waals surface area contributed by atoms with E-state index in [1.165, 1.54) is 0 Å². The molecule has 1 aromatic carbocycles. The minimum absolute atomic E-state index is 0.453. The van der Waals surface area contributed by atoms with Crippen LogP contribution < -0.4 is 5.32 Å². The first kappa shape index (κ1) is 17.8. The molecule has 4 aromatic rings. The second-order valence-corrected chi connectivity index (χ2v) is 6.28. The largest absolute Gasteiger partial charge is 0.339 e. The van der Waals surface area contributed by atoms with Crippen molar-refractivity contribution in [3.63, 3.8) is 0 Å². The zero-order valence-electron chi connectivity index (χ0n) is 14.6. The summed E-state index contributed by atoms with van der Waals surface area (Å²) < 4.78 is 0. The number of rotatable bonds is 5. The van der Waals surface area contributed by atoms with Gasteiger partial charge in [-0.2, -0.15) is 0 Å². The third-order valence-corrected chi connectivity index (χ3v) is 4.27. The van der Waals surface area contributed by atoms with Crippen molar-refractivity contribution in [2.75, 3.05) is 5.32 Å². The number of hydrogen-bond donors (Lipinski definition) is 1. The number of carbonyl (C=O) groups is 1. The van der Waals surface area contributed by atoms with Gasteiger partial charge in [0.2, 0.25) is 0 Å². The Kier molecular flexibility index (Phi) is 5.03. The van der Waals surface area contributed by atoms with Crippen LogP contribution in [-0.4, -0.2) is 26.2 Å². The van der Waals surface area contributed by atoms with E-state index < -0.39 is 0 Å². The van der Waals surface area contributed by atoms with Crippen molar-refractivity contribution >= 4 is 29.4 Å². The van der Waals surface area contributed by atoms with E-state index in [1.807, 2.05) is 36.4 Å². The van der Waals surface area contributed by atoms with Crippen molar-refractivity contribution in [3.8, 4) is 22.9 Å². The summed E-state index contributed by atoms with van der Waals surface area (Å²) in [5, 5.41) is 3.64. The van der Waals surface area contributed by atoms with Gasteiger partial charge in [-0.25, -0.2) is 9.97 Å². The fraction of sp³-hybridized carbons (Fsp3) is 0. The fourth-order valence-corrected chi connectivity index (χ4v) is 2.78. The lowest BCUT2D eigenvalue weighted by molar-refractivity contribution is 0.112.